The first kappa shape index (κ1) is 13.7. The first-order valence-electron chi connectivity index (χ1n) is 5.47. The zero-order valence-electron chi connectivity index (χ0n) is 10.4. The molecule has 0 amide bonds. The average Bonchev–Trinajstić information content (AvgIpc) is 2.57. The molecular weight excluding hydrogens is 319 g/mol. The summed E-state index contributed by atoms with van der Waals surface area (Å²) in [5.41, 5.74) is 1.21. The van der Waals surface area contributed by atoms with Crippen LogP contribution in [0, 0.1) is 10.6 Å². The lowest BCUT2D eigenvalue weighted by Crippen LogP contribution is -2.29. The number of benzene rings is 1. The molecule has 0 fully saturated rings. The third-order valence-corrected chi connectivity index (χ3v) is 3.84. The molecule has 0 radical (unpaired) electrons. The molecule has 1 N–H and O–H groups in total. The third-order valence-electron chi connectivity index (χ3n) is 2.91. The van der Waals surface area contributed by atoms with Gasteiger partial charge >= 0.3 is 0 Å². The van der Waals surface area contributed by atoms with Crippen molar-refractivity contribution >= 4 is 39.2 Å². The van der Waals surface area contributed by atoms with Gasteiger partial charge in [-0.25, -0.2) is 4.39 Å². The maximum absolute atomic E-state index is 13.5. The van der Waals surface area contributed by atoms with Crippen LogP contribution in [0.5, 0.6) is 0 Å². The van der Waals surface area contributed by atoms with Gasteiger partial charge in [0.05, 0.1) is 27.7 Å². The zero-order valence-corrected chi connectivity index (χ0v) is 12.8. The van der Waals surface area contributed by atoms with Gasteiger partial charge in [-0.1, -0.05) is 0 Å². The molecule has 0 aliphatic heterocycles. The van der Waals surface area contributed by atoms with Crippen molar-refractivity contribution in [3.63, 3.8) is 0 Å². The topological polar surface area (TPSA) is 29.9 Å². The number of aromatic amines is 1. The van der Waals surface area contributed by atoms with Crippen LogP contribution in [-0.4, -0.2) is 22.3 Å². The summed E-state index contributed by atoms with van der Waals surface area (Å²) in [6, 6.07) is 3.16. The minimum absolute atomic E-state index is 0.308. The van der Waals surface area contributed by atoms with E-state index in [9.17, 15) is 4.39 Å². The molecule has 1 aromatic carbocycles. The quantitative estimate of drug-likeness (QED) is 0.860. The SMILES string of the molecule is COC(C)(C)Cn1c(=S)[nH]c2cc(F)c(Br)cc21. The lowest BCUT2D eigenvalue weighted by atomic mass is 10.1. The van der Waals surface area contributed by atoms with Gasteiger partial charge in [-0.3, -0.25) is 0 Å². The Labute approximate surface area is 118 Å². The first-order valence-corrected chi connectivity index (χ1v) is 6.67. The minimum Gasteiger partial charge on any atom is -0.377 e. The Morgan fingerprint density at radius 1 is 1.50 bits per heavy atom. The standard InChI is InChI=1S/C12H14BrFN2OS/c1-12(2,17-3)6-16-10-4-7(13)8(14)5-9(10)15-11(16)18/h4-5H,6H2,1-3H3,(H,15,18). The van der Waals surface area contributed by atoms with E-state index in [1.54, 1.807) is 13.2 Å². The number of methoxy groups -OCH3 is 1. The molecule has 18 heavy (non-hydrogen) atoms. The Hall–Kier alpha value is -0.720. The molecule has 0 aliphatic carbocycles. The fourth-order valence-corrected chi connectivity index (χ4v) is 2.36. The number of halogens is 2. The molecule has 0 saturated carbocycles. The van der Waals surface area contributed by atoms with Crippen LogP contribution in [-0.2, 0) is 11.3 Å². The highest BCUT2D eigenvalue weighted by molar-refractivity contribution is 9.10. The number of ether oxygens (including phenoxy) is 1. The molecule has 0 saturated heterocycles. The summed E-state index contributed by atoms with van der Waals surface area (Å²) in [6.45, 7) is 4.55. The summed E-state index contributed by atoms with van der Waals surface area (Å²) in [6.07, 6.45) is 0. The Morgan fingerprint density at radius 3 is 2.78 bits per heavy atom. The van der Waals surface area contributed by atoms with E-state index in [1.165, 1.54) is 6.07 Å². The van der Waals surface area contributed by atoms with Gasteiger partial charge in [0.15, 0.2) is 4.77 Å². The zero-order chi connectivity index (χ0) is 13.5. The maximum Gasteiger partial charge on any atom is 0.178 e. The summed E-state index contributed by atoms with van der Waals surface area (Å²) in [5.74, 6) is -0.308. The summed E-state index contributed by atoms with van der Waals surface area (Å²) < 4.78 is 21.8. The number of nitrogens with zero attached hydrogens (tertiary/aromatic N) is 1. The molecule has 2 rings (SSSR count). The number of fused-ring (bicyclic) bond motifs is 1. The van der Waals surface area contributed by atoms with Gasteiger partial charge in [-0.2, -0.15) is 0 Å². The van der Waals surface area contributed by atoms with Gasteiger partial charge in [0.25, 0.3) is 0 Å². The van der Waals surface area contributed by atoms with E-state index in [-0.39, 0.29) is 11.4 Å². The monoisotopic (exact) mass is 332 g/mol. The molecule has 98 valence electrons. The van der Waals surface area contributed by atoms with Crippen molar-refractivity contribution in [2.45, 2.75) is 26.0 Å². The van der Waals surface area contributed by atoms with E-state index in [2.05, 4.69) is 20.9 Å². The van der Waals surface area contributed by atoms with Gasteiger partial charge < -0.3 is 14.3 Å². The second kappa shape index (κ2) is 4.75. The number of hydrogen-bond acceptors (Lipinski definition) is 2. The van der Waals surface area contributed by atoms with E-state index >= 15 is 0 Å². The lowest BCUT2D eigenvalue weighted by molar-refractivity contribution is 0.00873. The Morgan fingerprint density at radius 2 is 2.17 bits per heavy atom. The average molecular weight is 333 g/mol. The number of nitrogens with one attached hydrogen (secondary N) is 1. The number of rotatable bonds is 3. The highest BCUT2D eigenvalue weighted by Crippen LogP contribution is 2.25. The van der Waals surface area contributed by atoms with Crippen LogP contribution >= 0.6 is 28.1 Å². The van der Waals surface area contributed by atoms with Gasteiger partial charge in [0.2, 0.25) is 0 Å². The largest absolute Gasteiger partial charge is 0.377 e. The minimum atomic E-state index is -0.339. The van der Waals surface area contributed by atoms with Gasteiger partial charge in [0, 0.05) is 13.2 Å². The van der Waals surface area contributed by atoms with Crippen LogP contribution in [0.1, 0.15) is 13.8 Å². The Balaban J connectivity index is 2.60. The number of hydrogen-bond donors (Lipinski definition) is 1. The summed E-state index contributed by atoms with van der Waals surface area (Å²) >= 11 is 8.46. The van der Waals surface area contributed by atoms with Crippen molar-refractivity contribution in [3.8, 4) is 0 Å². The molecule has 1 aromatic heterocycles. The second-order valence-corrected chi connectivity index (χ2v) is 6.00. The summed E-state index contributed by atoms with van der Waals surface area (Å²) in [7, 11) is 1.66. The summed E-state index contributed by atoms with van der Waals surface area (Å²) in [5, 5.41) is 0. The fraction of sp³-hybridized carbons (Fsp3) is 0.417. The van der Waals surface area contributed by atoms with Crippen molar-refractivity contribution in [3.05, 3.63) is 27.2 Å². The molecule has 0 bridgehead atoms. The second-order valence-electron chi connectivity index (χ2n) is 4.76. The van der Waals surface area contributed by atoms with Crippen LogP contribution in [0.25, 0.3) is 11.0 Å². The van der Waals surface area contributed by atoms with E-state index in [4.69, 9.17) is 17.0 Å². The lowest BCUT2D eigenvalue weighted by Gasteiger charge is -2.23. The van der Waals surface area contributed by atoms with E-state index in [0.717, 1.165) is 5.52 Å². The van der Waals surface area contributed by atoms with Crippen molar-refractivity contribution in [1.29, 1.82) is 0 Å². The van der Waals surface area contributed by atoms with Crippen molar-refractivity contribution < 1.29 is 9.13 Å². The molecule has 0 aliphatic rings. The molecule has 3 nitrogen and oxygen atoms in total. The van der Waals surface area contributed by atoms with Crippen LogP contribution in [0.2, 0.25) is 0 Å². The predicted octanol–water partition coefficient (Wildman–Crippen LogP) is 4.03. The normalized spacial score (nSPS) is 12.3. The van der Waals surface area contributed by atoms with Crippen LogP contribution in [0.3, 0.4) is 0 Å². The van der Waals surface area contributed by atoms with Crippen molar-refractivity contribution in [1.82, 2.24) is 9.55 Å². The van der Waals surface area contributed by atoms with E-state index in [0.29, 0.717) is 21.3 Å². The summed E-state index contributed by atoms with van der Waals surface area (Å²) in [4.78, 5) is 3.00. The maximum atomic E-state index is 13.5. The molecule has 0 spiro atoms. The smallest absolute Gasteiger partial charge is 0.178 e. The van der Waals surface area contributed by atoms with Gasteiger partial charge in [0.1, 0.15) is 5.82 Å². The van der Waals surface area contributed by atoms with E-state index < -0.39 is 0 Å². The Bertz CT molecular complexity index is 647. The highest BCUT2D eigenvalue weighted by Gasteiger charge is 2.19. The van der Waals surface area contributed by atoms with Gasteiger partial charge in [-0.15, -0.1) is 0 Å². The van der Waals surface area contributed by atoms with Crippen LogP contribution in [0.15, 0.2) is 16.6 Å². The Kier molecular flexibility index (Phi) is 3.62. The highest BCUT2D eigenvalue weighted by atomic mass is 79.9. The fourth-order valence-electron chi connectivity index (χ4n) is 1.75. The van der Waals surface area contributed by atoms with Crippen LogP contribution in [0.4, 0.5) is 4.39 Å². The molecule has 0 unspecified atom stereocenters. The molecule has 6 heteroatoms. The number of imidazole rings is 1. The predicted molar refractivity (Wildman–Crippen MR) is 75.9 cm³/mol. The molecule has 1 heterocycles. The van der Waals surface area contributed by atoms with Crippen molar-refractivity contribution in [2.24, 2.45) is 0 Å². The number of aromatic nitrogens is 2. The molecule has 2 aromatic rings. The molecular formula is C12H14BrFN2OS. The molecule has 0 atom stereocenters. The van der Waals surface area contributed by atoms with Gasteiger partial charge in [-0.05, 0) is 48.1 Å². The third kappa shape index (κ3) is 2.50. The first-order chi connectivity index (χ1) is 8.34. The van der Waals surface area contributed by atoms with E-state index in [1.807, 2.05) is 18.4 Å². The van der Waals surface area contributed by atoms with Crippen molar-refractivity contribution in [2.75, 3.05) is 7.11 Å². The van der Waals surface area contributed by atoms with Crippen LogP contribution < -0.4 is 0 Å². The number of H-pyrrole nitrogens is 1.